The summed E-state index contributed by atoms with van der Waals surface area (Å²) in [6.07, 6.45) is 1.25. The summed E-state index contributed by atoms with van der Waals surface area (Å²) in [6.45, 7) is 0.316. The third-order valence-corrected chi connectivity index (χ3v) is 1.21. The molecule has 1 heterocycles. The van der Waals surface area contributed by atoms with Crippen LogP contribution in [0, 0.1) is 11.3 Å². The minimum Gasteiger partial charge on any atom is -0.369 e. The maximum atomic E-state index is 12.4. The lowest BCUT2D eigenvalue weighted by Gasteiger charge is -2.17. The predicted molar refractivity (Wildman–Crippen MR) is 40.9 cm³/mol. The van der Waals surface area contributed by atoms with Crippen molar-refractivity contribution in [1.82, 2.24) is 16.1 Å². The molecule has 0 unspecified atom stereocenters. The van der Waals surface area contributed by atoms with Gasteiger partial charge in [-0.3, -0.25) is 0 Å². The molecule has 0 bridgehead atoms. The Hall–Kier alpha value is -1.84. The van der Waals surface area contributed by atoms with Crippen LogP contribution in [0.3, 0.4) is 0 Å². The summed E-state index contributed by atoms with van der Waals surface area (Å²) in [4.78, 5) is 0. The van der Waals surface area contributed by atoms with Gasteiger partial charge >= 0.3 is 0 Å². The molecule has 0 aromatic carbocycles. The Morgan fingerprint density at radius 2 is 2.54 bits per heavy atom. The number of hydrazine groups is 1. The van der Waals surface area contributed by atoms with Crippen LogP contribution in [0.15, 0.2) is 17.0 Å². The third-order valence-electron chi connectivity index (χ3n) is 1.21. The number of nitrogens with zero attached hydrogens (tertiary/aromatic N) is 3. The van der Waals surface area contributed by atoms with Gasteiger partial charge in [-0.1, -0.05) is 9.58 Å². The SMILES string of the molecule is N#CCCNC1=CC(F)=NN(F)N1. The molecule has 0 radical (unpaired) electrons. The fraction of sp³-hybridized carbons (Fsp3) is 0.333. The molecule has 0 saturated carbocycles. The van der Waals surface area contributed by atoms with E-state index < -0.39 is 5.97 Å². The monoisotopic (exact) mass is 187 g/mol. The molecule has 0 amide bonds. The molecule has 13 heavy (non-hydrogen) atoms. The Labute approximate surface area is 73.2 Å². The minimum absolute atomic E-state index is 0.130. The fourth-order valence-corrected chi connectivity index (χ4v) is 0.732. The van der Waals surface area contributed by atoms with Crippen LogP contribution in [0.2, 0.25) is 0 Å². The second-order valence-corrected chi connectivity index (χ2v) is 2.19. The number of hydrogen-bond acceptors (Lipinski definition) is 5. The smallest absolute Gasteiger partial charge is 0.239 e. The highest BCUT2D eigenvalue weighted by Crippen LogP contribution is 2.00. The summed E-state index contributed by atoms with van der Waals surface area (Å²) in [6, 6.07) is 1.88. The molecule has 70 valence electrons. The molecule has 0 aliphatic carbocycles. The van der Waals surface area contributed by atoms with Crippen LogP contribution in [0.4, 0.5) is 8.87 Å². The Morgan fingerprint density at radius 1 is 1.77 bits per heavy atom. The van der Waals surface area contributed by atoms with E-state index in [1.807, 2.05) is 6.07 Å². The van der Waals surface area contributed by atoms with E-state index in [4.69, 9.17) is 5.26 Å². The van der Waals surface area contributed by atoms with Gasteiger partial charge in [0.1, 0.15) is 5.82 Å². The number of nitrogens with one attached hydrogen (secondary N) is 2. The molecular formula is C6H7F2N5. The third kappa shape index (κ3) is 2.94. The average Bonchev–Trinajstić information content (AvgIpc) is 2.03. The Kier molecular flexibility index (Phi) is 3.03. The Bertz CT molecular complexity index is 279. The molecule has 1 aliphatic heterocycles. The van der Waals surface area contributed by atoms with Gasteiger partial charge in [-0.25, -0.2) is 5.43 Å². The molecule has 1 rings (SSSR count). The van der Waals surface area contributed by atoms with Gasteiger partial charge in [-0.05, 0) is 5.34 Å². The maximum Gasteiger partial charge on any atom is 0.239 e. The number of hydrazone groups is 1. The summed E-state index contributed by atoms with van der Waals surface area (Å²) in [7, 11) is 0. The first-order chi connectivity index (χ1) is 6.22. The highest BCUT2D eigenvalue weighted by Gasteiger charge is 2.10. The van der Waals surface area contributed by atoms with Gasteiger partial charge in [0.15, 0.2) is 0 Å². The molecule has 0 fully saturated rings. The lowest BCUT2D eigenvalue weighted by molar-refractivity contribution is -0.0229. The normalized spacial score (nSPS) is 15.3. The van der Waals surface area contributed by atoms with Crippen molar-refractivity contribution in [1.29, 1.82) is 5.26 Å². The zero-order valence-corrected chi connectivity index (χ0v) is 6.59. The Balaban J connectivity index is 2.43. The molecular weight excluding hydrogens is 180 g/mol. The van der Waals surface area contributed by atoms with E-state index in [9.17, 15) is 8.87 Å². The number of halogens is 2. The molecule has 0 saturated heterocycles. The fourth-order valence-electron chi connectivity index (χ4n) is 0.732. The summed E-state index contributed by atoms with van der Waals surface area (Å²) in [5.74, 6) is -0.814. The molecule has 0 aromatic rings. The minimum atomic E-state index is -0.944. The summed E-state index contributed by atoms with van der Waals surface area (Å²) in [5, 5.41) is 13.3. The van der Waals surface area contributed by atoms with E-state index in [1.54, 1.807) is 0 Å². The van der Waals surface area contributed by atoms with E-state index >= 15 is 0 Å². The van der Waals surface area contributed by atoms with Crippen LogP contribution in [0.1, 0.15) is 6.42 Å². The zero-order chi connectivity index (χ0) is 9.68. The largest absolute Gasteiger partial charge is 0.369 e. The van der Waals surface area contributed by atoms with E-state index in [0.29, 0.717) is 6.54 Å². The van der Waals surface area contributed by atoms with Crippen molar-refractivity contribution in [3.8, 4) is 6.07 Å². The summed E-state index contributed by atoms with van der Waals surface area (Å²) < 4.78 is 24.8. The zero-order valence-electron chi connectivity index (χ0n) is 6.59. The standard InChI is InChI=1S/C6H7F2N5/c7-5-4-6(10-3-1-2-9)12-13(8)11-5/h4,10,12H,1,3H2. The van der Waals surface area contributed by atoms with Crippen LogP contribution < -0.4 is 10.7 Å². The van der Waals surface area contributed by atoms with Gasteiger partial charge in [-0.2, -0.15) is 9.65 Å². The highest BCUT2D eigenvalue weighted by molar-refractivity contribution is 5.87. The van der Waals surface area contributed by atoms with Gasteiger partial charge in [0, 0.05) is 12.6 Å². The van der Waals surface area contributed by atoms with Gasteiger partial charge < -0.3 is 5.32 Å². The van der Waals surface area contributed by atoms with E-state index in [-0.39, 0.29) is 17.6 Å². The van der Waals surface area contributed by atoms with Crippen molar-refractivity contribution in [2.24, 2.45) is 5.10 Å². The molecule has 0 aromatic heterocycles. The molecule has 7 heteroatoms. The van der Waals surface area contributed by atoms with Crippen molar-refractivity contribution in [3.63, 3.8) is 0 Å². The van der Waals surface area contributed by atoms with E-state index in [0.717, 1.165) is 6.08 Å². The van der Waals surface area contributed by atoms with E-state index in [2.05, 4.69) is 15.8 Å². The first kappa shape index (κ1) is 9.25. The first-order valence-corrected chi connectivity index (χ1v) is 3.51. The summed E-state index contributed by atoms with van der Waals surface area (Å²) in [5.41, 5.74) is 2.09. The van der Waals surface area contributed by atoms with Crippen LogP contribution in [0.25, 0.3) is 0 Å². The average molecular weight is 187 g/mol. The second kappa shape index (κ2) is 4.25. The lowest BCUT2D eigenvalue weighted by atomic mass is 10.4. The maximum absolute atomic E-state index is 12.4. The number of nitriles is 1. The number of rotatable bonds is 3. The quantitative estimate of drug-likeness (QED) is 0.493. The first-order valence-electron chi connectivity index (χ1n) is 3.51. The van der Waals surface area contributed by atoms with Gasteiger partial charge in [0.05, 0.1) is 12.5 Å². The van der Waals surface area contributed by atoms with Gasteiger partial charge in [-0.15, -0.1) is 0 Å². The molecule has 0 spiro atoms. The highest BCUT2D eigenvalue weighted by atomic mass is 19.2. The second-order valence-electron chi connectivity index (χ2n) is 2.19. The molecule has 5 nitrogen and oxygen atoms in total. The number of hydrogen-bond donors (Lipinski definition) is 2. The van der Waals surface area contributed by atoms with Gasteiger partial charge in [0.25, 0.3) is 0 Å². The predicted octanol–water partition coefficient (Wildman–Crippen LogP) is 0.319. The van der Waals surface area contributed by atoms with Crippen molar-refractivity contribution in [2.45, 2.75) is 6.42 Å². The lowest BCUT2D eigenvalue weighted by Crippen LogP contribution is -2.37. The topological polar surface area (TPSA) is 63.5 Å². The van der Waals surface area contributed by atoms with Crippen molar-refractivity contribution < 1.29 is 8.87 Å². The van der Waals surface area contributed by atoms with Crippen LogP contribution in [-0.4, -0.2) is 17.9 Å². The van der Waals surface area contributed by atoms with Gasteiger partial charge in [0.2, 0.25) is 5.97 Å². The molecule has 2 N–H and O–H groups in total. The molecule has 1 aliphatic rings. The van der Waals surface area contributed by atoms with Crippen molar-refractivity contribution in [3.05, 3.63) is 11.9 Å². The van der Waals surface area contributed by atoms with Crippen LogP contribution >= 0.6 is 0 Å². The summed E-state index contributed by atoms with van der Waals surface area (Å²) >= 11 is 0. The van der Waals surface area contributed by atoms with Crippen molar-refractivity contribution >= 4 is 5.97 Å². The van der Waals surface area contributed by atoms with E-state index in [1.165, 1.54) is 0 Å². The molecule has 0 atom stereocenters. The van der Waals surface area contributed by atoms with Crippen molar-refractivity contribution in [2.75, 3.05) is 6.54 Å². The van der Waals surface area contributed by atoms with Crippen LogP contribution in [-0.2, 0) is 0 Å². The van der Waals surface area contributed by atoms with Crippen LogP contribution in [0.5, 0.6) is 0 Å². The Morgan fingerprint density at radius 3 is 3.15 bits per heavy atom. The number of allylic oxidation sites excluding steroid dienone is 1.